The number of rotatable bonds is 8. The molecule has 9 heteroatoms. The van der Waals surface area contributed by atoms with Crippen molar-refractivity contribution in [2.45, 2.75) is 13.1 Å². The minimum Gasteiger partial charge on any atom is -0.459 e. The SMILES string of the molecule is CN=C(NCCNC(=O)c1ccco1)NCc1ccccc1Cn1cccn1.I. The van der Waals surface area contributed by atoms with Gasteiger partial charge in [-0.1, -0.05) is 24.3 Å². The highest BCUT2D eigenvalue weighted by molar-refractivity contribution is 14.0. The highest BCUT2D eigenvalue weighted by Crippen LogP contribution is 2.10. The molecule has 1 amide bonds. The number of nitrogens with one attached hydrogen (secondary N) is 3. The van der Waals surface area contributed by atoms with Crippen LogP contribution in [0.4, 0.5) is 0 Å². The monoisotopic (exact) mass is 508 g/mol. The van der Waals surface area contributed by atoms with Gasteiger partial charge in [-0.25, -0.2) is 0 Å². The molecule has 0 aliphatic rings. The Morgan fingerprint density at radius 2 is 1.86 bits per heavy atom. The van der Waals surface area contributed by atoms with E-state index in [4.69, 9.17) is 4.42 Å². The van der Waals surface area contributed by atoms with Crippen LogP contribution in [-0.2, 0) is 13.1 Å². The summed E-state index contributed by atoms with van der Waals surface area (Å²) < 4.78 is 6.95. The second-order valence-electron chi connectivity index (χ2n) is 6.06. The Labute approximate surface area is 186 Å². The van der Waals surface area contributed by atoms with E-state index in [1.807, 2.05) is 29.1 Å². The van der Waals surface area contributed by atoms with Crippen molar-refractivity contribution in [1.82, 2.24) is 25.7 Å². The molecular formula is C20H25IN6O2. The minimum atomic E-state index is -0.234. The maximum Gasteiger partial charge on any atom is 0.287 e. The molecule has 0 radical (unpaired) electrons. The molecule has 0 aliphatic heterocycles. The Hall–Kier alpha value is -2.82. The molecule has 2 aromatic heterocycles. The average molecular weight is 508 g/mol. The second-order valence-corrected chi connectivity index (χ2v) is 6.06. The molecule has 0 saturated heterocycles. The van der Waals surface area contributed by atoms with Gasteiger partial charge in [0, 0.05) is 39.1 Å². The zero-order valence-electron chi connectivity index (χ0n) is 16.2. The van der Waals surface area contributed by atoms with E-state index in [-0.39, 0.29) is 29.9 Å². The van der Waals surface area contributed by atoms with Crippen molar-refractivity contribution >= 4 is 35.8 Å². The summed E-state index contributed by atoms with van der Waals surface area (Å²) in [4.78, 5) is 16.0. The van der Waals surface area contributed by atoms with Crippen molar-refractivity contribution in [2.75, 3.05) is 20.1 Å². The number of hydrogen-bond donors (Lipinski definition) is 3. The maximum absolute atomic E-state index is 11.8. The minimum absolute atomic E-state index is 0. The van der Waals surface area contributed by atoms with Crippen LogP contribution >= 0.6 is 24.0 Å². The van der Waals surface area contributed by atoms with Crippen LogP contribution in [0.25, 0.3) is 0 Å². The van der Waals surface area contributed by atoms with Gasteiger partial charge in [0.15, 0.2) is 11.7 Å². The van der Waals surface area contributed by atoms with Gasteiger partial charge in [0.25, 0.3) is 5.91 Å². The van der Waals surface area contributed by atoms with E-state index in [9.17, 15) is 4.79 Å². The fraction of sp³-hybridized carbons (Fsp3) is 0.250. The van der Waals surface area contributed by atoms with Crippen molar-refractivity contribution < 1.29 is 9.21 Å². The van der Waals surface area contributed by atoms with Gasteiger partial charge in [0.05, 0.1) is 12.8 Å². The number of benzene rings is 1. The second kappa shape index (κ2) is 11.9. The van der Waals surface area contributed by atoms with Gasteiger partial charge in [-0.2, -0.15) is 5.10 Å². The van der Waals surface area contributed by atoms with E-state index >= 15 is 0 Å². The number of carbonyl (C=O) groups excluding carboxylic acids is 1. The van der Waals surface area contributed by atoms with E-state index in [0.29, 0.717) is 31.4 Å². The largest absolute Gasteiger partial charge is 0.459 e. The van der Waals surface area contributed by atoms with Crippen LogP contribution in [0.1, 0.15) is 21.7 Å². The summed E-state index contributed by atoms with van der Waals surface area (Å²) in [7, 11) is 1.71. The van der Waals surface area contributed by atoms with Gasteiger partial charge >= 0.3 is 0 Å². The number of furan rings is 1. The normalized spacial score (nSPS) is 10.9. The number of carbonyl (C=O) groups is 1. The Kier molecular flexibility index (Phi) is 9.22. The predicted octanol–water partition coefficient (Wildman–Crippen LogP) is 2.24. The number of guanidine groups is 1. The molecule has 3 N–H and O–H groups in total. The molecule has 0 unspecified atom stereocenters. The number of nitrogens with zero attached hydrogens (tertiary/aromatic N) is 3. The smallest absolute Gasteiger partial charge is 0.287 e. The van der Waals surface area contributed by atoms with Crippen molar-refractivity contribution in [3.63, 3.8) is 0 Å². The van der Waals surface area contributed by atoms with E-state index < -0.39 is 0 Å². The highest BCUT2D eigenvalue weighted by atomic mass is 127. The van der Waals surface area contributed by atoms with Gasteiger partial charge in [-0.3, -0.25) is 14.5 Å². The quantitative estimate of drug-likeness (QED) is 0.188. The number of aliphatic imine (C=N–C) groups is 1. The van der Waals surface area contributed by atoms with E-state index in [2.05, 4.69) is 38.2 Å². The number of amides is 1. The third-order valence-corrected chi connectivity index (χ3v) is 4.13. The molecule has 0 fully saturated rings. The van der Waals surface area contributed by atoms with Crippen molar-refractivity contribution in [2.24, 2.45) is 4.99 Å². The lowest BCUT2D eigenvalue weighted by Crippen LogP contribution is -2.41. The summed E-state index contributed by atoms with van der Waals surface area (Å²) in [6.07, 6.45) is 5.20. The molecule has 0 aliphatic carbocycles. The lowest BCUT2D eigenvalue weighted by atomic mass is 10.1. The van der Waals surface area contributed by atoms with Gasteiger partial charge in [-0.05, 0) is 29.3 Å². The first-order valence-electron chi connectivity index (χ1n) is 9.06. The first kappa shape index (κ1) is 22.5. The number of halogens is 1. The van der Waals surface area contributed by atoms with Gasteiger partial charge < -0.3 is 20.4 Å². The third kappa shape index (κ3) is 6.93. The topological polar surface area (TPSA) is 96.5 Å². The van der Waals surface area contributed by atoms with Crippen LogP contribution in [0.3, 0.4) is 0 Å². The van der Waals surface area contributed by atoms with Gasteiger partial charge in [0.2, 0.25) is 0 Å². The first-order chi connectivity index (χ1) is 13.8. The Bertz CT molecular complexity index is 894. The molecule has 0 saturated carbocycles. The molecular weight excluding hydrogens is 483 g/mol. The fourth-order valence-electron chi connectivity index (χ4n) is 2.70. The Morgan fingerprint density at radius 3 is 2.55 bits per heavy atom. The molecule has 3 aromatic rings. The molecule has 1 aromatic carbocycles. The molecule has 0 bridgehead atoms. The Morgan fingerprint density at radius 1 is 1.07 bits per heavy atom. The molecule has 154 valence electrons. The summed E-state index contributed by atoms with van der Waals surface area (Å²) in [5.74, 6) is 0.736. The van der Waals surface area contributed by atoms with Crippen molar-refractivity contribution in [3.05, 3.63) is 78.0 Å². The molecule has 8 nitrogen and oxygen atoms in total. The number of hydrogen-bond acceptors (Lipinski definition) is 4. The van der Waals surface area contributed by atoms with E-state index in [0.717, 1.165) is 6.54 Å². The maximum atomic E-state index is 11.8. The summed E-state index contributed by atoms with van der Waals surface area (Å²) in [5.41, 5.74) is 2.37. The van der Waals surface area contributed by atoms with E-state index in [1.165, 1.54) is 17.4 Å². The van der Waals surface area contributed by atoms with Crippen LogP contribution < -0.4 is 16.0 Å². The van der Waals surface area contributed by atoms with Crippen LogP contribution in [0.15, 0.2) is 70.5 Å². The molecule has 29 heavy (non-hydrogen) atoms. The summed E-state index contributed by atoms with van der Waals surface area (Å²) in [6.45, 7) is 2.35. The fourth-order valence-corrected chi connectivity index (χ4v) is 2.70. The molecule has 0 spiro atoms. The third-order valence-electron chi connectivity index (χ3n) is 4.13. The standard InChI is InChI=1S/C20H24N6O2.HI/c1-21-20(23-11-10-22-19(27)18-8-4-13-28-18)24-14-16-6-2-3-7-17(16)15-26-12-5-9-25-26;/h2-9,12-13H,10-11,14-15H2,1H3,(H,22,27)(H2,21,23,24);1H. The summed E-state index contributed by atoms with van der Waals surface area (Å²) in [5, 5.41) is 13.5. The van der Waals surface area contributed by atoms with Crippen LogP contribution in [0.5, 0.6) is 0 Å². The molecule has 3 rings (SSSR count). The first-order valence-corrected chi connectivity index (χ1v) is 9.06. The predicted molar refractivity (Wildman–Crippen MR) is 122 cm³/mol. The lowest BCUT2D eigenvalue weighted by Gasteiger charge is -2.14. The zero-order chi connectivity index (χ0) is 19.6. The van der Waals surface area contributed by atoms with Gasteiger partial charge in [0.1, 0.15) is 0 Å². The van der Waals surface area contributed by atoms with Crippen LogP contribution in [0, 0.1) is 0 Å². The number of aromatic nitrogens is 2. The van der Waals surface area contributed by atoms with Crippen molar-refractivity contribution in [1.29, 1.82) is 0 Å². The zero-order valence-corrected chi connectivity index (χ0v) is 18.5. The summed E-state index contributed by atoms with van der Waals surface area (Å²) >= 11 is 0. The van der Waals surface area contributed by atoms with Crippen LogP contribution in [-0.4, -0.2) is 41.8 Å². The highest BCUT2D eigenvalue weighted by Gasteiger charge is 2.07. The van der Waals surface area contributed by atoms with Gasteiger partial charge in [-0.15, -0.1) is 24.0 Å². The lowest BCUT2D eigenvalue weighted by molar-refractivity contribution is 0.0926. The van der Waals surface area contributed by atoms with Crippen LogP contribution in [0.2, 0.25) is 0 Å². The van der Waals surface area contributed by atoms with Crippen molar-refractivity contribution in [3.8, 4) is 0 Å². The Balaban J connectivity index is 0.00000300. The molecule has 0 atom stereocenters. The summed E-state index contributed by atoms with van der Waals surface area (Å²) in [6, 6.07) is 13.5. The molecule has 2 heterocycles. The average Bonchev–Trinajstić information content (AvgIpc) is 3.42. The van der Waals surface area contributed by atoms with E-state index in [1.54, 1.807) is 25.4 Å².